The lowest BCUT2D eigenvalue weighted by Crippen LogP contribution is -2.47. The van der Waals surface area contributed by atoms with Crippen molar-refractivity contribution in [3.63, 3.8) is 0 Å². The zero-order chi connectivity index (χ0) is 12.7. The van der Waals surface area contributed by atoms with E-state index in [0.29, 0.717) is 32.3 Å². The molecule has 2 N–H and O–H groups in total. The molecule has 1 amide bonds. The number of carbonyl (C=O) groups excluding carboxylic acids is 1. The van der Waals surface area contributed by atoms with Crippen LogP contribution < -0.4 is 10.6 Å². The van der Waals surface area contributed by atoms with Gasteiger partial charge in [0, 0.05) is 32.7 Å². The Balaban J connectivity index is 2.22. The van der Waals surface area contributed by atoms with Gasteiger partial charge in [-0.3, -0.25) is 4.79 Å². The van der Waals surface area contributed by atoms with E-state index in [-0.39, 0.29) is 11.5 Å². The van der Waals surface area contributed by atoms with Crippen molar-refractivity contribution in [2.24, 2.45) is 0 Å². The molecule has 2 unspecified atom stereocenters. The van der Waals surface area contributed by atoms with Gasteiger partial charge in [-0.15, -0.1) is 0 Å². The van der Waals surface area contributed by atoms with Crippen LogP contribution in [0.1, 0.15) is 26.7 Å². The monoisotopic (exact) mass is 244 g/mol. The molecule has 17 heavy (non-hydrogen) atoms. The van der Waals surface area contributed by atoms with Gasteiger partial charge in [-0.05, 0) is 13.3 Å². The summed E-state index contributed by atoms with van der Waals surface area (Å²) >= 11 is 0. The van der Waals surface area contributed by atoms with Gasteiger partial charge in [0.15, 0.2) is 0 Å². The fourth-order valence-electron chi connectivity index (χ4n) is 1.69. The molecule has 0 bridgehead atoms. The molecule has 1 heterocycles. The number of amides is 1. The molecule has 0 aromatic carbocycles. The number of ether oxygens (including phenoxy) is 2. The van der Waals surface area contributed by atoms with Crippen LogP contribution in [0.5, 0.6) is 0 Å². The number of hydrogen-bond acceptors (Lipinski definition) is 4. The minimum Gasteiger partial charge on any atom is -0.378 e. The molecule has 100 valence electrons. The lowest BCUT2D eigenvalue weighted by Gasteiger charge is -2.26. The molecular weight excluding hydrogens is 220 g/mol. The van der Waals surface area contributed by atoms with Crippen LogP contribution in [0, 0.1) is 0 Å². The molecule has 1 rings (SSSR count). The van der Waals surface area contributed by atoms with Crippen LogP contribution in [0.4, 0.5) is 0 Å². The van der Waals surface area contributed by atoms with Crippen molar-refractivity contribution in [3.8, 4) is 0 Å². The first-order valence-corrected chi connectivity index (χ1v) is 6.25. The van der Waals surface area contributed by atoms with Gasteiger partial charge in [0.25, 0.3) is 0 Å². The van der Waals surface area contributed by atoms with E-state index < -0.39 is 0 Å². The molecule has 0 aliphatic carbocycles. The summed E-state index contributed by atoms with van der Waals surface area (Å²) in [7, 11) is 1.66. The van der Waals surface area contributed by atoms with Crippen LogP contribution in [0.2, 0.25) is 0 Å². The molecule has 0 aromatic heterocycles. The molecule has 1 saturated heterocycles. The summed E-state index contributed by atoms with van der Waals surface area (Å²) in [6.45, 7) is 6.29. The van der Waals surface area contributed by atoms with Crippen LogP contribution in [-0.4, -0.2) is 51.0 Å². The Labute approximate surface area is 103 Å². The normalized spacial score (nSPS) is 25.8. The maximum Gasteiger partial charge on any atom is 0.234 e. The summed E-state index contributed by atoms with van der Waals surface area (Å²) in [6, 6.07) is 0.368. The highest BCUT2D eigenvalue weighted by Crippen LogP contribution is 2.21. The molecule has 1 aliphatic heterocycles. The maximum absolute atomic E-state index is 11.6. The highest BCUT2D eigenvalue weighted by Gasteiger charge is 2.35. The highest BCUT2D eigenvalue weighted by atomic mass is 16.5. The first kappa shape index (κ1) is 14.4. The fourth-order valence-corrected chi connectivity index (χ4v) is 1.69. The average Bonchev–Trinajstić information content (AvgIpc) is 2.82. The lowest BCUT2D eigenvalue weighted by atomic mass is 10.0. The summed E-state index contributed by atoms with van der Waals surface area (Å²) in [5.74, 6) is 0.00799. The largest absolute Gasteiger partial charge is 0.378 e. The van der Waals surface area contributed by atoms with E-state index >= 15 is 0 Å². The van der Waals surface area contributed by atoms with Crippen molar-refractivity contribution in [3.05, 3.63) is 0 Å². The summed E-state index contributed by atoms with van der Waals surface area (Å²) < 4.78 is 10.7. The van der Waals surface area contributed by atoms with Gasteiger partial charge in [0.1, 0.15) is 5.60 Å². The summed E-state index contributed by atoms with van der Waals surface area (Å²) in [6.07, 6.45) is 1.85. The third kappa shape index (κ3) is 4.61. The molecular formula is C12H24N2O3. The lowest BCUT2D eigenvalue weighted by molar-refractivity contribution is -0.122. The Morgan fingerprint density at radius 2 is 2.35 bits per heavy atom. The minimum absolute atomic E-state index is 0.00799. The minimum atomic E-state index is -0.327. The summed E-state index contributed by atoms with van der Waals surface area (Å²) in [5, 5.41) is 6.04. The van der Waals surface area contributed by atoms with Crippen LogP contribution in [0.15, 0.2) is 0 Å². The molecule has 1 fully saturated rings. The van der Waals surface area contributed by atoms with Crippen molar-refractivity contribution in [1.82, 2.24) is 10.6 Å². The number of rotatable bonds is 7. The SMILES string of the molecule is CCC(C)NCC(=O)NCC1(OC)CCOC1. The van der Waals surface area contributed by atoms with Gasteiger partial charge in [0.05, 0.1) is 13.2 Å². The number of carbonyl (C=O) groups is 1. The standard InChI is InChI=1S/C12H24N2O3/c1-4-10(2)13-7-11(15)14-8-12(16-3)5-6-17-9-12/h10,13H,4-9H2,1-3H3,(H,14,15). The van der Waals surface area contributed by atoms with Crippen molar-refractivity contribution in [2.45, 2.75) is 38.3 Å². The van der Waals surface area contributed by atoms with Crippen LogP contribution in [-0.2, 0) is 14.3 Å². The van der Waals surface area contributed by atoms with E-state index in [2.05, 4.69) is 24.5 Å². The van der Waals surface area contributed by atoms with Crippen molar-refractivity contribution >= 4 is 5.91 Å². The molecule has 5 nitrogen and oxygen atoms in total. The maximum atomic E-state index is 11.6. The second-order valence-corrected chi connectivity index (χ2v) is 4.66. The molecule has 0 saturated carbocycles. The Morgan fingerprint density at radius 1 is 1.59 bits per heavy atom. The van der Waals surface area contributed by atoms with Crippen molar-refractivity contribution < 1.29 is 14.3 Å². The van der Waals surface area contributed by atoms with E-state index in [1.54, 1.807) is 7.11 Å². The third-order valence-corrected chi connectivity index (χ3v) is 3.33. The van der Waals surface area contributed by atoms with E-state index in [1.807, 2.05) is 0 Å². The van der Waals surface area contributed by atoms with Crippen LogP contribution >= 0.6 is 0 Å². The van der Waals surface area contributed by atoms with Gasteiger partial charge in [-0.25, -0.2) is 0 Å². The van der Waals surface area contributed by atoms with E-state index in [9.17, 15) is 4.79 Å². The Morgan fingerprint density at radius 3 is 2.88 bits per heavy atom. The summed E-state index contributed by atoms with van der Waals surface area (Å²) in [4.78, 5) is 11.6. The molecule has 0 aromatic rings. The predicted molar refractivity (Wildman–Crippen MR) is 65.9 cm³/mol. The van der Waals surface area contributed by atoms with Gasteiger partial charge < -0.3 is 20.1 Å². The predicted octanol–water partition coefficient (Wildman–Crippen LogP) is 0.296. The Hall–Kier alpha value is -0.650. The van der Waals surface area contributed by atoms with Crippen molar-refractivity contribution in [1.29, 1.82) is 0 Å². The molecule has 2 atom stereocenters. The van der Waals surface area contributed by atoms with Crippen molar-refractivity contribution in [2.75, 3.05) is 33.4 Å². The fraction of sp³-hybridized carbons (Fsp3) is 0.917. The number of hydrogen-bond donors (Lipinski definition) is 2. The summed E-state index contributed by atoms with van der Waals surface area (Å²) in [5.41, 5.74) is -0.327. The Bertz CT molecular complexity index is 240. The zero-order valence-electron chi connectivity index (χ0n) is 11.0. The number of methoxy groups -OCH3 is 1. The van der Waals surface area contributed by atoms with Gasteiger partial charge in [-0.2, -0.15) is 0 Å². The van der Waals surface area contributed by atoms with Gasteiger partial charge >= 0.3 is 0 Å². The molecule has 5 heteroatoms. The van der Waals surface area contributed by atoms with E-state index in [1.165, 1.54) is 0 Å². The second kappa shape index (κ2) is 6.93. The van der Waals surface area contributed by atoms with E-state index in [4.69, 9.17) is 9.47 Å². The molecule has 1 aliphatic rings. The second-order valence-electron chi connectivity index (χ2n) is 4.66. The molecule has 0 spiro atoms. The first-order chi connectivity index (χ1) is 8.12. The molecule has 0 radical (unpaired) electrons. The smallest absolute Gasteiger partial charge is 0.234 e. The van der Waals surface area contributed by atoms with Crippen LogP contribution in [0.3, 0.4) is 0 Å². The topological polar surface area (TPSA) is 59.6 Å². The zero-order valence-corrected chi connectivity index (χ0v) is 11.0. The van der Waals surface area contributed by atoms with Crippen LogP contribution in [0.25, 0.3) is 0 Å². The van der Waals surface area contributed by atoms with Gasteiger partial charge in [-0.1, -0.05) is 6.92 Å². The quantitative estimate of drug-likeness (QED) is 0.676. The number of nitrogens with one attached hydrogen (secondary N) is 2. The third-order valence-electron chi connectivity index (χ3n) is 3.33. The first-order valence-electron chi connectivity index (χ1n) is 6.25. The average molecular weight is 244 g/mol. The van der Waals surface area contributed by atoms with E-state index in [0.717, 1.165) is 12.8 Å². The Kier molecular flexibility index (Phi) is 5.88. The highest BCUT2D eigenvalue weighted by molar-refractivity contribution is 5.78. The van der Waals surface area contributed by atoms with Gasteiger partial charge in [0.2, 0.25) is 5.91 Å².